The molecule has 2 aliphatic rings. The molecule has 8 nitrogen and oxygen atoms in total. The van der Waals surface area contributed by atoms with E-state index < -0.39 is 6.09 Å². The average Bonchev–Trinajstić information content (AvgIpc) is 2.77. The van der Waals surface area contributed by atoms with Gasteiger partial charge in [0.05, 0.1) is 11.2 Å². The highest BCUT2D eigenvalue weighted by molar-refractivity contribution is 5.84. The first-order valence-corrected chi connectivity index (χ1v) is 11.0. The number of rotatable bonds is 6. The maximum Gasteiger partial charge on any atom is 0.407 e. The Kier molecular flexibility index (Phi) is 6.64. The number of fused-ring (bicyclic) bond motifs is 1. The number of piperidine rings is 1. The number of aromatic nitrogens is 2. The highest BCUT2D eigenvalue weighted by Crippen LogP contribution is 2.31. The summed E-state index contributed by atoms with van der Waals surface area (Å²) in [6.07, 6.45) is 3.55. The van der Waals surface area contributed by atoms with Crippen LogP contribution in [0.4, 0.5) is 10.5 Å². The van der Waals surface area contributed by atoms with Gasteiger partial charge in [0.15, 0.2) is 0 Å². The van der Waals surface area contributed by atoms with E-state index in [0.717, 1.165) is 80.8 Å². The number of nitrogens with one attached hydrogen (secondary N) is 1. The lowest BCUT2D eigenvalue weighted by Gasteiger charge is -2.32. The van der Waals surface area contributed by atoms with Crippen molar-refractivity contribution < 1.29 is 9.90 Å². The van der Waals surface area contributed by atoms with E-state index in [0.29, 0.717) is 13.1 Å². The van der Waals surface area contributed by atoms with Crippen LogP contribution in [0, 0.1) is 0 Å². The van der Waals surface area contributed by atoms with Gasteiger partial charge in [0, 0.05) is 62.8 Å². The van der Waals surface area contributed by atoms with Crippen LogP contribution in [0.1, 0.15) is 30.9 Å². The summed E-state index contributed by atoms with van der Waals surface area (Å²) in [5.74, 6) is 0.286. The highest BCUT2D eigenvalue weighted by atomic mass is 16.4. The van der Waals surface area contributed by atoms with Gasteiger partial charge in [0.1, 0.15) is 6.33 Å². The van der Waals surface area contributed by atoms with E-state index in [4.69, 9.17) is 5.11 Å². The smallest absolute Gasteiger partial charge is 0.407 e. The maximum atomic E-state index is 11.1. The molecule has 0 bridgehead atoms. The van der Waals surface area contributed by atoms with E-state index >= 15 is 0 Å². The van der Waals surface area contributed by atoms with Crippen LogP contribution in [0.2, 0.25) is 0 Å². The van der Waals surface area contributed by atoms with E-state index in [1.807, 2.05) is 0 Å². The van der Waals surface area contributed by atoms with Crippen LogP contribution in [-0.4, -0.2) is 95.3 Å². The van der Waals surface area contributed by atoms with Gasteiger partial charge in [-0.05, 0) is 51.1 Å². The van der Waals surface area contributed by atoms with Crippen molar-refractivity contribution in [2.24, 2.45) is 0 Å². The predicted octanol–water partition coefficient (Wildman–Crippen LogP) is 2.54. The molecule has 2 saturated heterocycles. The molecule has 0 aliphatic carbocycles. The van der Waals surface area contributed by atoms with Gasteiger partial charge in [-0.3, -0.25) is 0 Å². The first-order valence-electron chi connectivity index (χ1n) is 11.0. The first kappa shape index (κ1) is 20.8. The number of anilines is 1. The number of likely N-dealkylation sites (N-methyl/N-ethyl adjacent to an activating group) is 1. The number of carboxylic acid groups (broad SMARTS) is 1. The van der Waals surface area contributed by atoms with Gasteiger partial charge in [0.25, 0.3) is 0 Å². The quantitative estimate of drug-likeness (QED) is 0.705. The van der Waals surface area contributed by atoms with E-state index in [9.17, 15) is 4.79 Å². The second kappa shape index (κ2) is 9.57. The van der Waals surface area contributed by atoms with E-state index in [1.165, 1.54) is 4.90 Å². The second-order valence-corrected chi connectivity index (χ2v) is 8.46. The molecular weight excluding hydrogens is 380 g/mol. The van der Waals surface area contributed by atoms with Crippen molar-refractivity contribution in [3.63, 3.8) is 0 Å². The first-order chi connectivity index (χ1) is 14.6. The molecular formula is C22H32N6O2. The number of piperazine rings is 1. The molecule has 0 radical (unpaired) electrons. The normalized spacial score (nSPS) is 19.3. The minimum atomic E-state index is -0.829. The number of carbonyl (C=O) groups is 1. The Morgan fingerprint density at radius 2 is 1.90 bits per heavy atom. The molecule has 3 heterocycles. The third kappa shape index (κ3) is 4.99. The average molecular weight is 413 g/mol. The van der Waals surface area contributed by atoms with Crippen LogP contribution in [0.25, 0.3) is 10.9 Å². The molecule has 1 aromatic carbocycles. The minimum absolute atomic E-state index is 0.286. The summed E-state index contributed by atoms with van der Waals surface area (Å²) in [7, 11) is 2.19. The molecule has 2 aromatic rings. The Balaban J connectivity index is 1.33. The number of hydrogen-bond acceptors (Lipinski definition) is 6. The Morgan fingerprint density at radius 3 is 2.63 bits per heavy atom. The number of benzene rings is 1. The van der Waals surface area contributed by atoms with Crippen molar-refractivity contribution in [3.05, 3.63) is 30.2 Å². The molecule has 2 N–H and O–H groups in total. The largest absolute Gasteiger partial charge is 0.465 e. The zero-order valence-corrected chi connectivity index (χ0v) is 17.8. The van der Waals surface area contributed by atoms with Gasteiger partial charge in [-0.1, -0.05) is 0 Å². The number of hydrogen-bond donors (Lipinski definition) is 2. The van der Waals surface area contributed by atoms with Crippen LogP contribution < -0.4 is 5.32 Å². The topological polar surface area (TPSA) is 84.8 Å². The minimum Gasteiger partial charge on any atom is -0.465 e. The van der Waals surface area contributed by atoms with E-state index in [2.05, 4.69) is 50.3 Å². The van der Waals surface area contributed by atoms with Gasteiger partial charge >= 0.3 is 6.09 Å². The SMILES string of the molecule is CN1CCN(CCCNc2ccc3c(C4CCN(C(=O)O)CC4)ncnc3c2)CC1. The monoisotopic (exact) mass is 412 g/mol. The van der Waals surface area contributed by atoms with Crippen molar-refractivity contribution in [1.82, 2.24) is 24.7 Å². The number of amides is 1. The standard InChI is InChI=1S/C22H32N6O2/c1-26-11-13-27(14-12-26)8-2-7-23-18-3-4-19-20(15-18)24-16-25-21(19)17-5-9-28(10-6-17)22(29)30/h3-4,15-17,23H,2,5-14H2,1H3,(H,29,30). The molecule has 30 heavy (non-hydrogen) atoms. The summed E-state index contributed by atoms with van der Waals surface area (Å²) in [6.45, 7) is 7.87. The van der Waals surface area contributed by atoms with Crippen molar-refractivity contribution >= 4 is 22.7 Å². The molecule has 0 saturated carbocycles. The molecule has 0 spiro atoms. The molecule has 162 valence electrons. The highest BCUT2D eigenvalue weighted by Gasteiger charge is 2.25. The van der Waals surface area contributed by atoms with Crippen molar-refractivity contribution in [2.75, 3.05) is 64.7 Å². The van der Waals surface area contributed by atoms with Gasteiger partial charge in [-0.25, -0.2) is 14.8 Å². The van der Waals surface area contributed by atoms with Crippen LogP contribution in [0.15, 0.2) is 24.5 Å². The van der Waals surface area contributed by atoms with E-state index in [1.54, 1.807) is 6.33 Å². The summed E-state index contributed by atoms with van der Waals surface area (Å²) < 4.78 is 0. The summed E-state index contributed by atoms with van der Waals surface area (Å²) >= 11 is 0. The van der Waals surface area contributed by atoms with Crippen molar-refractivity contribution in [1.29, 1.82) is 0 Å². The predicted molar refractivity (Wildman–Crippen MR) is 118 cm³/mol. The molecule has 8 heteroatoms. The van der Waals surface area contributed by atoms with Gasteiger partial charge in [-0.2, -0.15) is 0 Å². The third-order valence-corrected chi connectivity index (χ3v) is 6.40. The molecule has 1 amide bonds. The Bertz CT molecular complexity index is 860. The van der Waals surface area contributed by atoms with Crippen LogP contribution >= 0.6 is 0 Å². The Morgan fingerprint density at radius 1 is 1.13 bits per heavy atom. The summed E-state index contributed by atoms with van der Waals surface area (Å²) in [6, 6.07) is 6.32. The lowest BCUT2D eigenvalue weighted by atomic mass is 9.91. The summed E-state index contributed by atoms with van der Waals surface area (Å²) in [5, 5.41) is 13.8. The Hall–Kier alpha value is -2.45. The fourth-order valence-corrected chi connectivity index (χ4v) is 4.46. The Labute approximate surface area is 177 Å². The number of likely N-dealkylation sites (tertiary alicyclic amines) is 1. The lowest BCUT2D eigenvalue weighted by Crippen LogP contribution is -2.44. The van der Waals surface area contributed by atoms with Gasteiger partial charge in [0.2, 0.25) is 0 Å². The number of nitrogens with zero attached hydrogens (tertiary/aromatic N) is 5. The van der Waals surface area contributed by atoms with Crippen LogP contribution in [0.3, 0.4) is 0 Å². The molecule has 2 aliphatic heterocycles. The lowest BCUT2D eigenvalue weighted by molar-refractivity contribution is 0.132. The van der Waals surface area contributed by atoms with Gasteiger partial charge in [-0.15, -0.1) is 0 Å². The zero-order valence-electron chi connectivity index (χ0n) is 17.8. The van der Waals surface area contributed by atoms with Crippen molar-refractivity contribution in [3.8, 4) is 0 Å². The van der Waals surface area contributed by atoms with Crippen molar-refractivity contribution in [2.45, 2.75) is 25.2 Å². The second-order valence-electron chi connectivity index (χ2n) is 8.46. The zero-order chi connectivity index (χ0) is 20.9. The fourth-order valence-electron chi connectivity index (χ4n) is 4.46. The third-order valence-electron chi connectivity index (χ3n) is 6.40. The van der Waals surface area contributed by atoms with Gasteiger partial charge < -0.3 is 25.1 Å². The molecule has 0 unspecified atom stereocenters. The summed E-state index contributed by atoms with van der Waals surface area (Å²) in [5.41, 5.74) is 3.09. The molecule has 2 fully saturated rings. The molecule has 1 aromatic heterocycles. The molecule has 4 rings (SSSR count). The van der Waals surface area contributed by atoms with Crippen LogP contribution in [-0.2, 0) is 0 Å². The van der Waals surface area contributed by atoms with Crippen LogP contribution in [0.5, 0.6) is 0 Å². The fraction of sp³-hybridized carbons (Fsp3) is 0.591. The molecule has 0 atom stereocenters. The summed E-state index contributed by atoms with van der Waals surface area (Å²) in [4.78, 5) is 26.6. The maximum absolute atomic E-state index is 11.1. The van der Waals surface area contributed by atoms with E-state index in [-0.39, 0.29) is 5.92 Å².